The molecule has 0 heterocycles. The molecule has 0 aromatic carbocycles. The lowest BCUT2D eigenvalue weighted by Gasteiger charge is -2.31. The second-order valence-electron chi connectivity index (χ2n) is 4.17. The summed E-state index contributed by atoms with van der Waals surface area (Å²) in [5.41, 5.74) is -0.0237. The Morgan fingerprint density at radius 2 is 1.75 bits per heavy atom. The zero-order chi connectivity index (χ0) is 12.4. The fourth-order valence-corrected chi connectivity index (χ4v) is 4.84. The molecule has 0 radical (unpaired) electrons. The third-order valence-electron chi connectivity index (χ3n) is 3.28. The average Bonchev–Trinajstić information content (AvgIpc) is 2.34. The molecule has 96 valence electrons. The summed E-state index contributed by atoms with van der Waals surface area (Å²) in [5.74, 6) is 0. The summed E-state index contributed by atoms with van der Waals surface area (Å²) < 4.78 is 11.1. The molecule has 0 amide bonds. The summed E-state index contributed by atoms with van der Waals surface area (Å²) in [6, 6.07) is 0.831. The fraction of sp³-hybridized carbons (Fsp3) is 0.917. The van der Waals surface area contributed by atoms with Gasteiger partial charge in [-0.15, -0.1) is 0 Å². The highest BCUT2D eigenvalue weighted by atomic mass is 28.4. The second kappa shape index (κ2) is 8.90. The molecule has 0 aliphatic carbocycles. The summed E-state index contributed by atoms with van der Waals surface area (Å²) in [7, 11) is 1.06. The molecule has 1 atom stereocenters. The predicted octanol–water partition coefficient (Wildman–Crippen LogP) is 3.28. The first kappa shape index (κ1) is 15.8. The van der Waals surface area contributed by atoms with E-state index in [2.05, 4.69) is 6.92 Å². The normalized spacial score (nSPS) is 13.8. The zero-order valence-corrected chi connectivity index (χ0v) is 12.1. The summed E-state index contributed by atoms with van der Waals surface area (Å²) >= 11 is 0. The average molecular weight is 246 g/mol. The molecule has 1 unspecified atom stereocenters. The van der Waals surface area contributed by atoms with Crippen molar-refractivity contribution in [3.05, 3.63) is 0 Å². The van der Waals surface area contributed by atoms with Crippen LogP contribution < -0.4 is 0 Å². The third kappa shape index (κ3) is 4.35. The van der Waals surface area contributed by atoms with Crippen LogP contribution in [0.5, 0.6) is 0 Å². The quantitative estimate of drug-likeness (QED) is 0.337. The Hall–Kier alpha value is -0.193. The van der Waals surface area contributed by atoms with Crippen LogP contribution in [0.25, 0.3) is 0 Å². The lowest BCUT2D eigenvalue weighted by Crippen LogP contribution is -2.45. The minimum absolute atomic E-state index is 0.0237. The summed E-state index contributed by atoms with van der Waals surface area (Å²) in [6.45, 7) is 4.23. The first-order valence-electron chi connectivity index (χ1n) is 6.26. The van der Waals surface area contributed by atoms with E-state index in [1.807, 2.05) is 6.92 Å². The minimum Gasteiger partial charge on any atom is -0.397 e. The number of carbonyl (C=O) groups is 1. The first-order chi connectivity index (χ1) is 7.70. The summed E-state index contributed by atoms with van der Waals surface area (Å²) in [6.07, 6.45) is 6.70. The van der Waals surface area contributed by atoms with Gasteiger partial charge in [0.2, 0.25) is 0 Å². The van der Waals surface area contributed by atoms with Crippen LogP contribution in [0.15, 0.2) is 0 Å². The number of unbranched alkanes of at least 4 members (excludes halogenated alkanes) is 3. The van der Waals surface area contributed by atoms with E-state index in [0.29, 0.717) is 0 Å². The van der Waals surface area contributed by atoms with E-state index in [0.717, 1.165) is 25.2 Å². The van der Waals surface area contributed by atoms with E-state index in [1.165, 1.54) is 19.3 Å². The Labute approximate surface area is 101 Å². The second-order valence-corrected chi connectivity index (χ2v) is 8.05. The molecule has 0 saturated heterocycles. The van der Waals surface area contributed by atoms with Crippen molar-refractivity contribution in [2.24, 2.45) is 0 Å². The summed E-state index contributed by atoms with van der Waals surface area (Å²) in [5, 5.41) is 0. The van der Waals surface area contributed by atoms with Crippen LogP contribution in [0, 0.1) is 0 Å². The van der Waals surface area contributed by atoms with Crippen LogP contribution in [0.3, 0.4) is 0 Å². The lowest BCUT2D eigenvalue weighted by atomic mass is 10.1. The maximum atomic E-state index is 11.2. The number of rotatable bonds is 10. The van der Waals surface area contributed by atoms with Gasteiger partial charge < -0.3 is 13.6 Å². The topological polar surface area (TPSA) is 35.5 Å². The van der Waals surface area contributed by atoms with Gasteiger partial charge in [0.1, 0.15) is 6.29 Å². The van der Waals surface area contributed by atoms with Crippen LogP contribution in [-0.2, 0) is 13.6 Å². The van der Waals surface area contributed by atoms with Crippen LogP contribution in [0.4, 0.5) is 0 Å². The molecular weight excluding hydrogens is 220 g/mol. The number of carbonyl (C=O) groups excluding carboxylic acids is 1. The molecule has 0 aliphatic heterocycles. The van der Waals surface area contributed by atoms with Crippen molar-refractivity contribution >= 4 is 14.8 Å². The van der Waals surface area contributed by atoms with Gasteiger partial charge in [0.25, 0.3) is 0 Å². The predicted molar refractivity (Wildman–Crippen MR) is 68.8 cm³/mol. The van der Waals surface area contributed by atoms with E-state index in [-0.39, 0.29) is 5.54 Å². The molecule has 3 nitrogen and oxygen atoms in total. The van der Waals surface area contributed by atoms with Crippen LogP contribution in [0.2, 0.25) is 11.6 Å². The van der Waals surface area contributed by atoms with E-state index in [1.54, 1.807) is 14.2 Å². The van der Waals surface area contributed by atoms with Gasteiger partial charge in [-0.1, -0.05) is 39.5 Å². The highest BCUT2D eigenvalue weighted by Gasteiger charge is 2.42. The van der Waals surface area contributed by atoms with Gasteiger partial charge in [0, 0.05) is 14.2 Å². The minimum atomic E-state index is -2.28. The molecule has 0 saturated carbocycles. The molecule has 4 heteroatoms. The van der Waals surface area contributed by atoms with Crippen LogP contribution in [0.1, 0.15) is 46.0 Å². The standard InChI is InChI=1S/C12H26O3Si/c1-5-7-8-9-10-12(11-13)16(6-2,14-3)15-4/h11-12H,5-10H2,1-4H3. The molecule has 16 heavy (non-hydrogen) atoms. The van der Waals surface area contributed by atoms with Crippen molar-refractivity contribution in [1.29, 1.82) is 0 Å². The highest BCUT2D eigenvalue weighted by molar-refractivity contribution is 6.71. The largest absolute Gasteiger partial charge is 0.397 e. The molecule has 0 bridgehead atoms. The molecule has 0 N–H and O–H groups in total. The zero-order valence-electron chi connectivity index (χ0n) is 11.1. The Morgan fingerprint density at radius 1 is 1.12 bits per heavy atom. The Balaban J connectivity index is 4.27. The van der Waals surface area contributed by atoms with E-state index in [4.69, 9.17) is 8.85 Å². The summed E-state index contributed by atoms with van der Waals surface area (Å²) in [4.78, 5) is 11.2. The third-order valence-corrected chi connectivity index (χ3v) is 7.20. The molecule has 0 aromatic rings. The molecule has 0 rings (SSSR count). The van der Waals surface area contributed by atoms with Crippen LogP contribution >= 0.6 is 0 Å². The van der Waals surface area contributed by atoms with E-state index < -0.39 is 8.56 Å². The van der Waals surface area contributed by atoms with Gasteiger partial charge in [-0.05, 0) is 12.5 Å². The Morgan fingerprint density at radius 3 is 2.12 bits per heavy atom. The smallest absolute Gasteiger partial charge is 0.347 e. The fourth-order valence-electron chi connectivity index (χ4n) is 2.12. The maximum Gasteiger partial charge on any atom is 0.347 e. The van der Waals surface area contributed by atoms with Gasteiger partial charge in [-0.25, -0.2) is 0 Å². The van der Waals surface area contributed by atoms with E-state index in [9.17, 15) is 4.79 Å². The SMILES string of the molecule is CCCCCCC(C=O)[Si](CC)(OC)OC. The van der Waals surface area contributed by atoms with Crippen molar-refractivity contribution in [2.45, 2.75) is 57.5 Å². The molecule has 0 aromatic heterocycles. The number of hydrogen-bond donors (Lipinski definition) is 0. The van der Waals surface area contributed by atoms with Crippen molar-refractivity contribution < 1.29 is 13.6 Å². The van der Waals surface area contributed by atoms with Crippen molar-refractivity contribution in [1.82, 2.24) is 0 Å². The van der Waals surface area contributed by atoms with Gasteiger partial charge in [0.05, 0.1) is 5.54 Å². The molecule has 0 spiro atoms. The van der Waals surface area contributed by atoms with Crippen molar-refractivity contribution in [3.63, 3.8) is 0 Å². The maximum absolute atomic E-state index is 11.2. The number of aldehydes is 1. The van der Waals surface area contributed by atoms with Gasteiger partial charge in [-0.2, -0.15) is 0 Å². The number of hydrogen-bond acceptors (Lipinski definition) is 3. The highest BCUT2D eigenvalue weighted by Crippen LogP contribution is 2.30. The molecule has 0 fully saturated rings. The van der Waals surface area contributed by atoms with Gasteiger partial charge in [0.15, 0.2) is 0 Å². The van der Waals surface area contributed by atoms with Crippen molar-refractivity contribution in [2.75, 3.05) is 14.2 Å². The monoisotopic (exact) mass is 246 g/mol. The van der Waals surface area contributed by atoms with Gasteiger partial charge in [-0.3, -0.25) is 0 Å². The Kier molecular flexibility index (Phi) is 8.79. The first-order valence-corrected chi connectivity index (χ1v) is 8.36. The molecule has 0 aliphatic rings. The van der Waals surface area contributed by atoms with Gasteiger partial charge >= 0.3 is 8.56 Å². The van der Waals surface area contributed by atoms with Crippen molar-refractivity contribution in [3.8, 4) is 0 Å². The lowest BCUT2D eigenvalue weighted by molar-refractivity contribution is -0.108. The Bertz CT molecular complexity index is 173. The van der Waals surface area contributed by atoms with E-state index >= 15 is 0 Å². The molecular formula is C12H26O3Si. The van der Waals surface area contributed by atoms with Crippen LogP contribution in [-0.4, -0.2) is 29.1 Å².